The number of anilines is 1. The summed E-state index contributed by atoms with van der Waals surface area (Å²) in [5.41, 5.74) is 0. The molecule has 0 fully saturated rings. The summed E-state index contributed by atoms with van der Waals surface area (Å²) in [6.45, 7) is 7.89. The van der Waals surface area contributed by atoms with E-state index in [9.17, 15) is 8.42 Å². The molecule has 1 aromatic rings. The van der Waals surface area contributed by atoms with E-state index in [0.717, 1.165) is 26.1 Å². The van der Waals surface area contributed by atoms with Gasteiger partial charge in [-0.25, -0.2) is 13.4 Å². The lowest BCUT2D eigenvalue weighted by atomic mass is 10.4. The zero-order valence-electron chi connectivity index (χ0n) is 11.9. The van der Waals surface area contributed by atoms with E-state index in [1.54, 1.807) is 18.3 Å². The van der Waals surface area contributed by atoms with Gasteiger partial charge in [0.25, 0.3) is 0 Å². The minimum Gasteiger partial charge on any atom is -0.368 e. The number of hydrogen-bond acceptors (Lipinski definition) is 5. The van der Waals surface area contributed by atoms with Crippen LogP contribution in [0.25, 0.3) is 0 Å². The maximum atomic E-state index is 11.6. The van der Waals surface area contributed by atoms with Gasteiger partial charge in [-0.1, -0.05) is 13.8 Å². The highest BCUT2D eigenvalue weighted by Crippen LogP contribution is 2.17. The normalized spacial score (nSPS) is 11.8. The summed E-state index contributed by atoms with van der Waals surface area (Å²) in [4.78, 5) is 6.68. The molecule has 0 radical (unpaired) electrons. The molecule has 0 unspecified atom stereocenters. The number of hydrogen-bond donors (Lipinski definition) is 1. The molecule has 6 heteroatoms. The molecular formula is C13H23N3O2S. The van der Waals surface area contributed by atoms with Crippen molar-refractivity contribution >= 4 is 15.7 Å². The largest absolute Gasteiger partial charge is 0.368 e. The number of aromatic nitrogens is 1. The van der Waals surface area contributed by atoms with E-state index in [0.29, 0.717) is 12.4 Å². The first-order valence-electron chi connectivity index (χ1n) is 6.60. The molecule has 0 spiro atoms. The molecule has 0 saturated heterocycles. The second kappa shape index (κ2) is 7.45. The fraction of sp³-hybridized carbons (Fsp3) is 0.615. The highest BCUT2D eigenvalue weighted by atomic mass is 32.2. The lowest BCUT2D eigenvalue weighted by molar-refractivity contribution is 0.300. The standard InChI is InChI=1S/C13H23N3O2S/c1-4-10-16(5-2)11-9-15-13-12(19(3,17)18)7-6-8-14-13/h6-8H,4-5,9-11H2,1-3H3,(H,14,15). The minimum absolute atomic E-state index is 0.258. The second-order valence-corrected chi connectivity index (χ2v) is 6.47. The third-order valence-electron chi connectivity index (χ3n) is 2.88. The maximum Gasteiger partial charge on any atom is 0.179 e. The van der Waals surface area contributed by atoms with Crippen molar-refractivity contribution in [1.82, 2.24) is 9.88 Å². The van der Waals surface area contributed by atoms with Crippen LogP contribution in [0.3, 0.4) is 0 Å². The molecule has 0 aliphatic carbocycles. The molecule has 0 saturated carbocycles. The number of rotatable bonds is 8. The topological polar surface area (TPSA) is 62.3 Å². The van der Waals surface area contributed by atoms with Crippen molar-refractivity contribution in [3.05, 3.63) is 18.3 Å². The molecule has 0 amide bonds. The van der Waals surface area contributed by atoms with Crippen molar-refractivity contribution in [2.24, 2.45) is 0 Å². The first kappa shape index (κ1) is 15.9. The minimum atomic E-state index is -3.24. The van der Waals surface area contributed by atoms with Crippen LogP contribution in [0.1, 0.15) is 20.3 Å². The van der Waals surface area contributed by atoms with Gasteiger partial charge in [-0.3, -0.25) is 0 Å². The summed E-state index contributed by atoms with van der Waals surface area (Å²) in [6.07, 6.45) is 3.91. The third kappa shape index (κ3) is 5.16. The van der Waals surface area contributed by atoms with Crippen molar-refractivity contribution in [2.45, 2.75) is 25.2 Å². The Morgan fingerprint density at radius 2 is 2.05 bits per heavy atom. The summed E-state index contributed by atoms with van der Waals surface area (Å²) in [5.74, 6) is 0.442. The van der Waals surface area contributed by atoms with Gasteiger partial charge in [0.2, 0.25) is 0 Å². The SMILES string of the molecule is CCCN(CC)CCNc1ncccc1S(C)(=O)=O. The van der Waals surface area contributed by atoms with E-state index in [1.807, 2.05) is 0 Å². The quantitative estimate of drug-likeness (QED) is 0.786. The molecule has 1 rings (SSSR count). The van der Waals surface area contributed by atoms with Crippen molar-refractivity contribution in [2.75, 3.05) is 37.8 Å². The zero-order chi connectivity index (χ0) is 14.3. The van der Waals surface area contributed by atoms with E-state index >= 15 is 0 Å². The van der Waals surface area contributed by atoms with Gasteiger partial charge >= 0.3 is 0 Å². The molecule has 5 nitrogen and oxygen atoms in total. The third-order valence-corrected chi connectivity index (χ3v) is 4.01. The van der Waals surface area contributed by atoms with Crippen LogP contribution in [-0.4, -0.2) is 50.7 Å². The smallest absolute Gasteiger partial charge is 0.179 e. The van der Waals surface area contributed by atoms with Crippen LogP contribution in [0.2, 0.25) is 0 Å². The molecule has 0 atom stereocenters. The Morgan fingerprint density at radius 3 is 2.63 bits per heavy atom. The molecule has 0 aromatic carbocycles. The van der Waals surface area contributed by atoms with E-state index < -0.39 is 9.84 Å². The van der Waals surface area contributed by atoms with Crippen LogP contribution in [0, 0.1) is 0 Å². The van der Waals surface area contributed by atoms with E-state index in [-0.39, 0.29) is 4.90 Å². The fourth-order valence-electron chi connectivity index (χ4n) is 1.90. The van der Waals surface area contributed by atoms with Crippen LogP contribution in [-0.2, 0) is 9.84 Å². The van der Waals surface area contributed by atoms with Gasteiger partial charge in [0.1, 0.15) is 10.7 Å². The number of nitrogens with zero attached hydrogens (tertiary/aromatic N) is 2. The molecule has 1 heterocycles. The molecule has 108 valence electrons. The Morgan fingerprint density at radius 1 is 1.32 bits per heavy atom. The molecule has 1 aromatic heterocycles. The second-order valence-electron chi connectivity index (χ2n) is 4.48. The Hall–Kier alpha value is -1.14. The molecule has 0 aliphatic rings. The van der Waals surface area contributed by atoms with Gasteiger partial charge in [-0.05, 0) is 31.6 Å². The van der Waals surface area contributed by atoms with Gasteiger partial charge < -0.3 is 10.2 Å². The highest BCUT2D eigenvalue weighted by Gasteiger charge is 2.13. The summed E-state index contributed by atoms with van der Waals surface area (Å²) in [5, 5.41) is 3.11. The molecule has 1 N–H and O–H groups in total. The number of likely N-dealkylation sites (N-methyl/N-ethyl adjacent to an activating group) is 1. The average molecular weight is 285 g/mol. The van der Waals surface area contributed by atoms with Crippen LogP contribution in [0.15, 0.2) is 23.2 Å². The average Bonchev–Trinajstić information content (AvgIpc) is 2.37. The lowest BCUT2D eigenvalue weighted by Crippen LogP contribution is -2.30. The monoisotopic (exact) mass is 285 g/mol. The summed E-state index contributed by atoms with van der Waals surface area (Å²) in [7, 11) is -3.24. The maximum absolute atomic E-state index is 11.6. The van der Waals surface area contributed by atoms with Gasteiger partial charge in [0.15, 0.2) is 9.84 Å². The predicted octanol–water partition coefficient (Wildman–Crippen LogP) is 1.63. The molecular weight excluding hydrogens is 262 g/mol. The van der Waals surface area contributed by atoms with Crippen molar-refractivity contribution in [3.8, 4) is 0 Å². The van der Waals surface area contributed by atoms with Gasteiger partial charge in [0, 0.05) is 25.5 Å². The van der Waals surface area contributed by atoms with E-state index in [1.165, 1.54) is 6.26 Å². The summed E-state index contributed by atoms with van der Waals surface area (Å²) in [6, 6.07) is 3.21. The van der Waals surface area contributed by atoms with Crippen molar-refractivity contribution in [3.63, 3.8) is 0 Å². The zero-order valence-corrected chi connectivity index (χ0v) is 12.7. The molecule has 19 heavy (non-hydrogen) atoms. The number of sulfone groups is 1. The van der Waals surface area contributed by atoms with Crippen LogP contribution in [0.5, 0.6) is 0 Å². The van der Waals surface area contributed by atoms with Crippen molar-refractivity contribution in [1.29, 1.82) is 0 Å². The lowest BCUT2D eigenvalue weighted by Gasteiger charge is -2.20. The summed E-state index contributed by atoms with van der Waals surface area (Å²) < 4.78 is 23.2. The van der Waals surface area contributed by atoms with E-state index in [4.69, 9.17) is 0 Å². The Kier molecular flexibility index (Phi) is 6.24. The van der Waals surface area contributed by atoms with E-state index in [2.05, 4.69) is 29.0 Å². The first-order valence-corrected chi connectivity index (χ1v) is 8.49. The van der Waals surface area contributed by atoms with Crippen LogP contribution >= 0.6 is 0 Å². The van der Waals surface area contributed by atoms with Crippen molar-refractivity contribution < 1.29 is 8.42 Å². The molecule has 0 bridgehead atoms. The Balaban J connectivity index is 2.63. The Labute approximate surface area is 116 Å². The van der Waals surface area contributed by atoms with Gasteiger partial charge in [0.05, 0.1) is 0 Å². The van der Waals surface area contributed by atoms with Gasteiger partial charge in [-0.2, -0.15) is 0 Å². The Bertz CT molecular complexity index is 488. The first-order chi connectivity index (χ1) is 8.99. The number of pyridine rings is 1. The van der Waals surface area contributed by atoms with Gasteiger partial charge in [-0.15, -0.1) is 0 Å². The molecule has 0 aliphatic heterocycles. The van der Waals surface area contributed by atoms with Crippen LogP contribution in [0.4, 0.5) is 5.82 Å². The highest BCUT2D eigenvalue weighted by molar-refractivity contribution is 7.90. The van der Waals surface area contributed by atoms with Crippen LogP contribution < -0.4 is 5.32 Å². The predicted molar refractivity (Wildman–Crippen MR) is 78.2 cm³/mol. The summed E-state index contributed by atoms with van der Waals surface area (Å²) >= 11 is 0. The fourth-order valence-corrected chi connectivity index (χ4v) is 2.70. The number of nitrogens with one attached hydrogen (secondary N) is 1.